The number of hydrogen-bond donors (Lipinski definition) is 1. The first-order valence-electron chi connectivity index (χ1n) is 7.80. The minimum absolute atomic E-state index is 0.0680. The topological polar surface area (TPSA) is 67.2 Å². The van der Waals surface area contributed by atoms with E-state index in [0.717, 1.165) is 31.6 Å². The van der Waals surface area contributed by atoms with Crippen LogP contribution in [0.15, 0.2) is 29.2 Å². The van der Waals surface area contributed by atoms with Gasteiger partial charge in [0.2, 0.25) is 5.91 Å². The molecule has 0 aliphatic carbocycles. The van der Waals surface area contributed by atoms with Crippen molar-refractivity contribution >= 4 is 11.6 Å². The molecule has 0 saturated carbocycles. The number of nitrogens with zero attached hydrogens (tertiary/aromatic N) is 3. The highest BCUT2D eigenvalue weighted by Gasteiger charge is 2.23. The van der Waals surface area contributed by atoms with E-state index >= 15 is 0 Å². The van der Waals surface area contributed by atoms with Gasteiger partial charge < -0.3 is 10.2 Å². The van der Waals surface area contributed by atoms with Crippen molar-refractivity contribution < 1.29 is 4.79 Å². The van der Waals surface area contributed by atoms with E-state index < -0.39 is 0 Å². The van der Waals surface area contributed by atoms with Gasteiger partial charge in [-0.1, -0.05) is 19.1 Å². The Bertz CT molecular complexity index is 594. The van der Waals surface area contributed by atoms with E-state index in [1.807, 2.05) is 19.1 Å². The second kappa shape index (κ2) is 7.77. The lowest BCUT2D eigenvalue weighted by molar-refractivity contribution is -0.120. The number of carbonyl (C=O) groups excluding carboxylic acids is 1. The Balaban J connectivity index is 1.80. The molecule has 0 aromatic carbocycles. The lowest BCUT2D eigenvalue weighted by Gasteiger charge is -2.18. The largest absolute Gasteiger partial charge is 0.370 e. The maximum Gasteiger partial charge on any atom is 0.268 e. The Hall–Kier alpha value is -2.11. The third kappa shape index (κ3) is 4.44. The molecule has 0 spiro atoms. The molecule has 1 unspecified atom stereocenters. The summed E-state index contributed by atoms with van der Waals surface area (Å²) in [6.45, 7) is 4.48. The Kier molecular flexibility index (Phi) is 5.75. The number of aromatic nitrogens is 2. The number of nitrogens with one attached hydrogen (secondary N) is 1. The molecule has 2 rings (SSSR count). The number of anilines is 1. The second-order valence-electron chi connectivity index (χ2n) is 5.66. The molecule has 1 amide bonds. The summed E-state index contributed by atoms with van der Waals surface area (Å²) in [6, 6.07) is 1.61. The molecular formula is C16H24N4O2. The molecule has 1 saturated heterocycles. The Morgan fingerprint density at radius 1 is 1.50 bits per heavy atom. The summed E-state index contributed by atoms with van der Waals surface area (Å²) in [6.07, 6.45) is 8.04. The van der Waals surface area contributed by atoms with Crippen LogP contribution in [0.1, 0.15) is 26.2 Å². The highest BCUT2D eigenvalue weighted by molar-refractivity contribution is 5.77. The molecule has 6 nitrogen and oxygen atoms in total. The predicted octanol–water partition coefficient (Wildman–Crippen LogP) is 1.08. The summed E-state index contributed by atoms with van der Waals surface area (Å²) in [5.74, 6) is 0.488. The van der Waals surface area contributed by atoms with Crippen molar-refractivity contribution in [2.45, 2.75) is 26.2 Å². The molecule has 1 N–H and O–H groups in total. The van der Waals surface area contributed by atoms with E-state index in [2.05, 4.69) is 15.3 Å². The molecule has 1 aromatic heterocycles. The van der Waals surface area contributed by atoms with Gasteiger partial charge in [-0.2, -0.15) is 5.10 Å². The summed E-state index contributed by atoms with van der Waals surface area (Å²) in [4.78, 5) is 25.5. The first-order valence-corrected chi connectivity index (χ1v) is 7.80. The van der Waals surface area contributed by atoms with Gasteiger partial charge in [-0.05, 0) is 18.8 Å². The van der Waals surface area contributed by atoms with E-state index in [0.29, 0.717) is 18.9 Å². The van der Waals surface area contributed by atoms with Gasteiger partial charge in [0.25, 0.3) is 5.56 Å². The van der Waals surface area contributed by atoms with E-state index in [1.54, 1.807) is 19.3 Å². The maximum absolute atomic E-state index is 11.7. The Morgan fingerprint density at radius 2 is 2.32 bits per heavy atom. The van der Waals surface area contributed by atoms with Gasteiger partial charge in [-0.15, -0.1) is 0 Å². The van der Waals surface area contributed by atoms with Crippen LogP contribution in [0.4, 0.5) is 5.69 Å². The SMILES string of the molecule is CCC=CCC(=O)NCC1CCN(c2cnn(C)c(=O)c2)C1. The van der Waals surface area contributed by atoms with E-state index in [4.69, 9.17) is 0 Å². The molecular weight excluding hydrogens is 280 g/mol. The highest BCUT2D eigenvalue weighted by atomic mass is 16.1. The van der Waals surface area contributed by atoms with Crippen LogP contribution in [0, 0.1) is 5.92 Å². The van der Waals surface area contributed by atoms with Crippen LogP contribution < -0.4 is 15.8 Å². The van der Waals surface area contributed by atoms with Gasteiger partial charge in [0.05, 0.1) is 11.9 Å². The highest BCUT2D eigenvalue weighted by Crippen LogP contribution is 2.21. The normalized spacial score (nSPS) is 18.1. The Labute approximate surface area is 130 Å². The zero-order valence-electron chi connectivity index (χ0n) is 13.3. The van der Waals surface area contributed by atoms with E-state index in [-0.39, 0.29) is 11.5 Å². The molecule has 22 heavy (non-hydrogen) atoms. The van der Waals surface area contributed by atoms with E-state index in [1.165, 1.54) is 4.68 Å². The molecule has 2 heterocycles. The summed E-state index contributed by atoms with van der Waals surface area (Å²) in [7, 11) is 1.64. The molecule has 1 aliphatic rings. The monoisotopic (exact) mass is 304 g/mol. The van der Waals surface area contributed by atoms with Gasteiger partial charge >= 0.3 is 0 Å². The van der Waals surface area contributed by atoms with Gasteiger partial charge in [0, 0.05) is 39.2 Å². The lowest BCUT2D eigenvalue weighted by Crippen LogP contribution is -2.31. The number of rotatable bonds is 6. The van der Waals surface area contributed by atoms with Crippen LogP contribution in [-0.2, 0) is 11.8 Å². The standard InChI is InChI=1S/C16H24N4O2/c1-3-4-5-6-15(21)17-10-13-7-8-20(12-13)14-9-16(22)19(2)18-11-14/h4-5,9,11,13H,3,6-8,10,12H2,1-2H3,(H,17,21). The van der Waals surface area contributed by atoms with Crippen molar-refractivity contribution in [1.82, 2.24) is 15.1 Å². The number of allylic oxidation sites excluding steroid dienone is 1. The van der Waals surface area contributed by atoms with Gasteiger partial charge in [-0.3, -0.25) is 9.59 Å². The number of hydrogen-bond acceptors (Lipinski definition) is 4. The number of carbonyl (C=O) groups is 1. The van der Waals surface area contributed by atoms with Crippen LogP contribution in [0.3, 0.4) is 0 Å². The summed E-state index contributed by atoms with van der Waals surface area (Å²) in [5, 5.41) is 7.03. The van der Waals surface area contributed by atoms with Crippen LogP contribution in [-0.4, -0.2) is 35.3 Å². The Morgan fingerprint density at radius 3 is 3.05 bits per heavy atom. The minimum Gasteiger partial charge on any atom is -0.370 e. The molecule has 0 bridgehead atoms. The second-order valence-corrected chi connectivity index (χ2v) is 5.66. The van der Waals surface area contributed by atoms with Crippen molar-refractivity contribution in [2.24, 2.45) is 13.0 Å². The third-order valence-corrected chi connectivity index (χ3v) is 3.90. The fourth-order valence-corrected chi connectivity index (χ4v) is 2.55. The maximum atomic E-state index is 11.7. The molecule has 1 aromatic rings. The molecule has 1 fully saturated rings. The van der Waals surface area contributed by atoms with Crippen LogP contribution in [0.2, 0.25) is 0 Å². The van der Waals surface area contributed by atoms with Crippen LogP contribution in [0.5, 0.6) is 0 Å². The minimum atomic E-state index is -0.100. The van der Waals surface area contributed by atoms with Crippen molar-refractivity contribution in [3.8, 4) is 0 Å². The zero-order valence-corrected chi connectivity index (χ0v) is 13.3. The predicted molar refractivity (Wildman–Crippen MR) is 86.9 cm³/mol. The third-order valence-electron chi connectivity index (χ3n) is 3.90. The number of aryl methyl sites for hydroxylation is 1. The smallest absolute Gasteiger partial charge is 0.268 e. The molecule has 6 heteroatoms. The number of amides is 1. The van der Waals surface area contributed by atoms with Crippen molar-refractivity contribution in [2.75, 3.05) is 24.5 Å². The summed E-state index contributed by atoms with van der Waals surface area (Å²) in [5.41, 5.74) is 0.764. The molecule has 1 aliphatic heterocycles. The fourth-order valence-electron chi connectivity index (χ4n) is 2.55. The molecule has 120 valence electrons. The summed E-state index contributed by atoms with van der Waals surface area (Å²) < 4.78 is 1.32. The van der Waals surface area contributed by atoms with Gasteiger partial charge in [-0.25, -0.2) is 4.68 Å². The average Bonchev–Trinajstić information content (AvgIpc) is 2.97. The van der Waals surface area contributed by atoms with Gasteiger partial charge in [0.1, 0.15) is 0 Å². The van der Waals surface area contributed by atoms with Crippen LogP contribution in [0.25, 0.3) is 0 Å². The van der Waals surface area contributed by atoms with Crippen LogP contribution >= 0.6 is 0 Å². The van der Waals surface area contributed by atoms with Crippen molar-refractivity contribution in [3.05, 3.63) is 34.8 Å². The van der Waals surface area contributed by atoms with Crippen molar-refractivity contribution in [1.29, 1.82) is 0 Å². The lowest BCUT2D eigenvalue weighted by atomic mass is 10.1. The first kappa shape index (κ1) is 16.3. The van der Waals surface area contributed by atoms with Crippen molar-refractivity contribution in [3.63, 3.8) is 0 Å². The summed E-state index contributed by atoms with van der Waals surface area (Å²) >= 11 is 0. The fraction of sp³-hybridized carbons (Fsp3) is 0.562. The zero-order chi connectivity index (χ0) is 15.9. The molecule has 1 atom stereocenters. The molecule has 0 radical (unpaired) electrons. The first-order chi connectivity index (χ1) is 10.6. The average molecular weight is 304 g/mol. The quantitative estimate of drug-likeness (QED) is 0.799. The van der Waals surface area contributed by atoms with E-state index in [9.17, 15) is 9.59 Å². The van der Waals surface area contributed by atoms with Gasteiger partial charge in [0.15, 0.2) is 0 Å².